The van der Waals surface area contributed by atoms with Gasteiger partial charge in [0.2, 0.25) is 0 Å². The molecule has 0 spiro atoms. The molecule has 0 saturated heterocycles. The van der Waals surface area contributed by atoms with Crippen molar-refractivity contribution in [3.8, 4) is 0 Å². The van der Waals surface area contributed by atoms with Gasteiger partial charge in [-0.15, -0.1) is 0 Å². The Morgan fingerprint density at radius 1 is 1.42 bits per heavy atom. The molecule has 0 aliphatic rings. The summed E-state index contributed by atoms with van der Waals surface area (Å²) in [6, 6.07) is 1.24. The minimum Gasteiger partial charge on any atom is -0.463 e. The summed E-state index contributed by atoms with van der Waals surface area (Å²) in [7, 11) is 0. The maximum absolute atomic E-state index is 11.5. The van der Waals surface area contributed by atoms with Crippen molar-refractivity contribution in [3.63, 3.8) is 0 Å². The van der Waals surface area contributed by atoms with E-state index in [1.54, 1.807) is 6.92 Å². The molecule has 7 heteroatoms. The predicted molar refractivity (Wildman–Crippen MR) is 63.5 cm³/mol. The van der Waals surface area contributed by atoms with Gasteiger partial charge in [0.25, 0.3) is 0 Å². The van der Waals surface area contributed by atoms with Crippen molar-refractivity contribution in [3.05, 3.63) is 23.2 Å². The molecule has 3 atom stereocenters. The van der Waals surface area contributed by atoms with E-state index < -0.39 is 30.9 Å². The molecule has 19 heavy (non-hydrogen) atoms. The molecule has 0 amide bonds. The molecule has 0 unspecified atom stereocenters. The predicted octanol–water partition coefficient (Wildman–Crippen LogP) is -0.488. The molecule has 0 saturated carbocycles. The number of aliphatic hydroxyl groups excluding tert-OH is 4. The minimum atomic E-state index is -1.62. The van der Waals surface area contributed by atoms with Gasteiger partial charge in [0.15, 0.2) is 0 Å². The average Bonchev–Trinajstić information content (AvgIpc) is 2.78. The van der Waals surface area contributed by atoms with Crippen LogP contribution in [0, 0.1) is 6.92 Å². The van der Waals surface area contributed by atoms with Crippen LogP contribution in [0.4, 0.5) is 0 Å². The lowest BCUT2D eigenvalue weighted by Crippen LogP contribution is -2.34. The molecule has 0 aromatic carbocycles. The van der Waals surface area contributed by atoms with Crippen molar-refractivity contribution in [1.29, 1.82) is 0 Å². The molecule has 0 bridgehead atoms. The second-order valence-electron chi connectivity index (χ2n) is 4.02. The Labute approximate surface area is 110 Å². The number of aliphatic hydroxyl groups is 4. The second-order valence-corrected chi connectivity index (χ2v) is 4.02. The van der Waals surface area contributed by atoms with Crippen LogP contribution in [0.1, 0.15) is 34.9 Å². The summed E-state index contributed by atoms with van der Waals surface area (Å²) in [5.74, 6) is -0.446. The fourth-order valence-electron chi connectivity index (χ4n) is 1.55. The molecule has 0 radical (unpaired) electrons. The van der Waals surface area contributed by atoms with Crippen LogP contribution in [0.3, 0.4) is 0 Å². The van der Waals surface area contributed by atoms with Crippen LogP contribution >= 0.6 is 0 Å². The molecule has 0 aliphatic heterocycles. The van der Waals surface area contributed by atoms with E-state index in [4.69, 9.17) is 14.3 Å². The zero-order valence-corrected chi connectivity index (χ0v) is 10.7. The zero-order valence-electron chi connectivity index (χ0n) is 10.7. The van der Waals surface area contributed by atoms with E-state index in [9.17, 15) is 20.1 Å². The number of furan rings is 1. The lowest BCUT2D eigenvalue weighted by Gasteiger charge is -2.19. The lowest BCUT2D eigenvalue weighted by atomic mass is 10.1. The number of hydrogen-bond acceptors (Lipinski definition) is 7. The van der Waals surface area contributed by atoms with E-state index in [1.165, 1.54) is 13.0 Å². The number of esters is 1. The van der Waals surface area contributed by atoms with Crippen molar-refractivity contribution in [2.24, 2.45) is 0 Å². The second kappa shape index (κ2) is 6.67. The summed E-state index contributed by atoms with van der Waals surface area (Å²) in [6.07, 6.45) is -4.68. The van der Waals surface area contributed by atoms with Gasteiger partial charge in [0, 0.05) is 0 Å². The van der Waals surface area contributed by atoms with Gasteiger partial charge in [-0.05, 0) is 19.9 Å². The molecule has 7 nitrogen and oxygen atoms in total. The van der Waals surface area contributed by atoms with Crippen molar-refractivity contribution in [2.75, 3.05) is 13.2 Å². The van der Waals surface area contributed by atoms with E-state index in [-0.39, 0.29) is 23.7 Å². The van der Waals surface area contributed by atoms with Gasteiger partial charge in [-0.3, -0.25) is 0 Å². The Bertz CT molecular complexity index is 426. The highest BCUT2D eigenvalue weighted by molar-refractivity contribution is 5.90. The topological polar surface area (TPSA) is 120 Å². The number of rotatable bonds is 6. The highest BCUT2D eigenvalue weighted by Gasteiger charge is 2.29. The van der Waals surface area contributed by atoms with Gasteiger partial charge < -0.3 is 29.6 Å². The van der Waals surface area contributed by atoms with E-state index in [2.05, 4.69) is 0 Å². The van der Waals surface area contributed by atoms with Gasteiger partial charge in [0.1, 0.15) is 35.4 Å². The first-order chi connectivity index (χ1) is 8.92. The van der Waals surface area contributed by atoms with E-state index in [1.807, 2.05) is 0 Å². The lowest BCUT2D eigenvalue weighted by molar-refractivity contribution is -0.0837. The first-order valence-corrected chi connectivity index (χ1v) is 5.84. The molecule has 1 aromatic heterocycles. The van der Waals surface area contributed by atoms with Gasteiger partial charge >= 0.3 is 5.97 Å². The van der Waals surface area contributed by atoms with E-state index in [0.29, 0.717) is 0 Å². The van der Waals surface area contributed by atoms with Crippen LogP contribution in [-0.4, -0.2) is 51.8 Å². The number of hydrogen-bond donors (Lipinski definition) is 4. The Hall–Kier alpha value is -1.41. The monoisotopic (exact) mass is 274 g/mol. The molecule has 1 aromatic rings. The van der Waals surface area contributed by atoms with Crippen molar-refractivity contribution in [1.82, 2.24) is 0 Å². The first-order valence-electron chi connectivity index (χ1n) is 5.84. The summed E-state index contributed by atoms with van der Waals surface area (Å²) in [6.45, 7) is 2.66. The molecular weight excluding hydrogens is 256 g/mol. The van der Waals surface area contributed by atoms with Crippen LogP contribution in [0.5, 0.6) is 0 Å². The van der Waals surface area contributed by atoms with Crippen LogP contribution < -0.4 is 0 Å². The molecule has 108 valence electrons. The Morgan fingerprint density at radius 3 is 2.58 bits per heavy atom. The third-order valence-electron chi connectivity index (χ3n) is 2.63. The molecule has 4 N–H and O–H groups in total. The molecule has 0 fully saturated rings. The largest absolute Gasteiger partial charge is 0.463 e. The first kappa shape index (κ1) is 15.6. The fourth-order valence-corrected chi connectivity index (χ4v) is 1.55. The van der Waals surface area contributed by atoms with Crippen LogP contribution in [0.2, 0.25) is 0 Å². The van der Waals surface area contributed by atoms with Gasteiger partial charge in [0.05, 0.1) is 13.2 Å². The summed E-state index contributed by atoms with van der Waals surface area (Å²) >= 11 is 0. The Kier molecular flexibility index (Phi) is 5.49. The molecule has 1 heterocycles. The third-order valence-corrected chi connectivity index (χ3v) is 2.63. The van der Waals surface area contributed by atoms with Gasteiger partial charge in [-0.25, -0.2) is 4.79 Å². The minimum absolute atomic E-state index is 0.0828. The Morgan fingerprint density at radius 2 is 2.05 bits per heavy atom. The molecule has 1 rings (SSSR count). The van der Waals surface area contributed by atoms with Crippen molar-refractivity contribution >= 4 is 5.97 Å². The smallest absolute Gasteiger partial charge is 0.341 e. The van der Waals surface area contributed by atoms with Crippen molar-refractivity contribution in [2.45, 2.75) is 32.2 Å². The van der Waals surface area contributed by atoms with Gasteiger partial charge in [-0.2, -0.15) is 0 Å². The summed E-state index contributed by atoms with van der Waals surface area (Å²) in [4.78, 5) is 11.5. The van der Waals surface area contributed by atoms with Crippen LogP contribution in [0.15, 0.2) is 10.5 Å². The molecular formula is C12H18O7. The average molecular weight is 274 g/mol. The standard InChI is InChI=1S/C12H18O7/c1-3-18-12(17)7-4-9(19-6(7)2)11(16)10(15)8(14)5-13/h4,8,10-11,13-16H,3,5H2,1-2H3/t8-,10-,11-/m1/s1. The van der Waals surface area contributed by atoms with Crippen molar-refractivity contribution < 1.29 is 34.4 Å². The number of carbonyl (C=O) groups is 1. The maximum Gasteiger partial charge on any atom is 0.341 e. The normalized spacial score (nSPS) is 15.9. The number of carbonyl (C=O) groups excluding carboxylic acids is 1. The summed E-state index contributed by atoms with van der Waals surface area (Å²) < 4.78 is 9.95. The van der Waals surface area contributed by atoms with Crippen LogP contribution in [-0.2, 0) is 4.74 Å². The van der Waals surface area contributed by atoms with E-state index >= 15 is 0 Å². The number of aryl methyl sites for hydroxylation is 1. The molecule has 0 aliphatic carbocycles. The van der Waals surface area contributed by atoms with Gasteiger partial charge in [-0.1, -0.05) is 0 Å². The maximum atomic E-state index is 11.5. The highest BCUT2D eigenvalue weighted by Crippen LogP contribution is 2.25. The summed E-state index contributed by atoms with van der Waals surface area (Å²) in [5, 5.41) is 37.2. The fraction of sp³-hybridized carbons (Fsp3) is 0.583. The highest BCUT2D eigenvalue weighted by atomic mass is 16.5. The quantitative estimate of drug-likeness (QED) is 0.517. The SMILES string of the molecule is CCOC(=O)c1cc([C@@H](O)[C@H](O)[C@H](O)CO)oc1C. The Balaban J connectivity index is 2.91. The van der Waals surface area contributed by atoms with E-state index in [0.717, 1.165) is 0 Å². The third kappa shape index (κ3) is 3.54. The number of ether oxygens (including phenoxy) is 1. The summed E-state index contributed by atoms with van der Waals surface area (Å²) in [5.41, 5.74) is 0.140. The zero-order chi connectivity index (χ0) is 14.6. The van der Waals surface area contributed by atoms with Crippen LogP contribution in [0.25, 0.3) is 0 Å².